The molecule has 1 N–H and O–H groups in total. The van der Waals surface area contributed by atoms with Crippen LogP contribution in [0, 0.1) is 0 Å². The van der Waals surface area contributed by atoms with E-state index in [0.29, 0.717) is 23.7 Å². The van der Waals surface area contributed by atoms with Crippen LogP contribution >= 0.6 is 0 Å². The van der Waals surface area contributed by atoms with Crippen LogP contribution in [0.25, 0.3) is 0 Å². The van der Waals surface area contributed by atoms with Crippen LogP contribution in [0.4, 0.5) is 0 Å². The minimum atomic E-state index is -0.343. The van der Waals surface area contributed by atoms with E-state index in [4.69, 9.17) is 14.2 Å². The molecule has 0 atom stereocenters. The van der Waals surface area contributed by atoms with Crippen LogP contribution in [0.1, 0.15) is 21.5 Å². The maximum atomic E-state index is 12.2. The molecule has 3 aromatic carbocycles. The van der Waals surface area contributed by atoms with E-state index in [9.17, 15) is 4.79 Å². The SMILES string of the molecule is COc1ccc(C(=O)N/N=C/c2ccc(OCc3ccccc3)cc2)cc1OC. The number of methoxy groups -OCH3 is 2. The van der Waals surface area contributed by atoms with Gasteiger partial charge in [0.05, 0.1) is 20.4 Å². The van der Waals surface area contributed by atoms with Crippen molar-refractivity contribution < 1.29 is 19.0 Å². The first kappa shape index (κ1) is 19.9. The fourth-order valence-corrected chi connectivity index (χ4v) is 2.60. The van der Waals surface area contributed by atoms with Gasteiger partial charge in [-0.05, 0) is 53.6 Å². The van der Waals surface area contributed by atoms with Gasteiger partial charge in [-0.1, -0.05) is 30.3 Å². The number of carbonyl (C=O) groups is 1. The highest BCUT2D eigenvalue weighted by atomic mass is 16.5. The maximum absolute atomic E-state index is 12.2. The molecule has 3 rings (SSSR count). The molecule has 1 amide bonds. The monoisotopic (exact) mass is 390 g/mol. The Bertz CT molecular complexity index is 970. The fourth-order valence-electron chi connectivity index (χ4n) is 2.60. The van der Waals surface area contributed by atoms with Crippen molar-refractivity contribution >= 4 is 12.1 Å². The molecule has 0 aliphatic rings. The number of hydrogen-bond acceptors (Lipinski definition) is 5. The number of nitrogens with one attached hydrogen (secondary N) is 1. The van der Waals surface area contributed by atoms with Gasteiger partial charge in [-0.2, -0.15) is 5.10 Å². The molecule has 0 spiro atoms. The lowest BCUT2D eigenvalue weighted by atomic mass is 10.2. The van der Waals surface area contributed by atoms with Crippen molar-refractivity contribution in [1.82, 2.24) is 5.43 Å². The molecular formula is C23H22N2O4. The standard InChI is InChI=1S/C23H22N2O4/c1-27-21-13-10-19(14-22(21)28-2)23(26)25-24-15-17-8-11-20(12-9-17)29-16-18-6-4-3-5-7-18/h3-15H,16H2,1-2H3,(H,25,26)/b24-15+. The van der Waals surface area contributed by atoms with Crippen LogP contribution in [-0.4, -0.2) is 26.3 Å². The average molecular weight is 390 g/mol. The Hall–Kier alpha value is -3.80. The van der Waals surface area contributed by atoms with Crippen LogP contribution in [-0.2, 0) is 6.61 Å². The quantitative estimate of drug-likeness (QED) is 0.465. The van der Waals surface area contributed by atoms with Gasteiger partial charge in [0.25, 0.3) is 5.91 Å². The van der Waals surface area contributed by atoms with E-state index in [1.54, 1.807) is 31.5 Å². The fraction of sp³-hybridized carbons (Fsp3) is 0.130. The molecule has 0 radical (unpaired) electrons. The van der Waals surface area contributed by atoms with Crippen molar-refractivity contribution in [3.63, 3.8) is 0 Å². The lowest BCUT2D eigenvalue weighted by molar-refractivity contribution is 0.0954. The van der Waals surface area contributed by atoms with Crippen molar-refractivity contribution in [2.24, 2.45) is 5.10 Å². The molecule has 0 aromatic heterocycles. The minimum Gasteiger partial charge on any atom is -0.493 e. The summed E-state index contributed by atoms with van der Waals surface area (Å²) in [4.78, 5) is 12.2. The summed E-state index contributed by atoms with van der Waals surface area (Å²) in [6, 6.07) is 22.3. The van der Waals surface area contributed by atoms with Gasteiger partial charge < -0.3 is 14.2 Å². The Morgan fingerprint density at radius 2 is 1.66 bits per heavy atom. The van der Waals surface area contributed by atoms with Crippen LogP contribution in [0.5, 0.6) is 17.2 Å². The molecule has 6 nitrogen and oxygen atoms in total. The summed E-state index contributed by atoms with van der Waals surface area (Å²) in [5.74, 6) is 1.46. The zero-order chi connectivity index (χ0) is 20.5. The summed E-state index contributed by atoms with van der Waals surface area (Å²) >= 11 is 0. The van der Waals surface area contributed by atoms with E-state index >= 15 is 0 Å². The molecule has 29 heavy (non-hydrogen) atoms. The maximum Gasteiger partial charge on any atom is 0.271 e. The summed E-state index contributed by atoms with van der Waals surface area (Å²) < 4.78 is 16.1. The van der Waals surface area contributed by atoms with Gasteiger partial charge in [-0.25, -0.2) is 5.43 Å². The largest absolute Gasteiger partial charge is 0.493 e. The number of rotatable bonds is 8. The van der Waals surface area contributed by atoms with E-state index in [0.717, 1.165) is 16.9 Å². The minimum absolute atomic E-state index is 0.343. The van der Waals surface area contributed by atoms with Crippen molar-refractivity contribution in [3.05, 3.63) is 89.5 Å². The molecule has 148 valence electrons. The number of nitrogens with zero attached hydrogens (tertiary/aromatic N) is 1. The highest BCUT2D eigenvalue weighted by Gasteiger charge is 2.09. The van der Waals surface area contributed by atoms with E-state index < -0.39 is 0 Å². The number of hydrazone groups is 1. The number of benzene rings is 3. The molecule has 0 unspecified atom stereocenters. The first-order valence-electron chi connectivity index (χ1n) is 9.02. The Morgan fingerprint density at radius 3 is 2.34 bits per heavy atom. The zero-order valence-corrected chi connectivity index (χ0v) is 16.3. The molecule has 0 aliphatic heterocycles. The van der Waals surface area contributed by atoms with Gasteiger partial charge >= 0.3 is 0 Å². The molecule has 3 aromatic rings. The smallest absolute Gasteiger partial charge is 0.271 e. The second kappa shape index (κ2) is 9.94. The van der Waals surface area contributed by atoms with Crippen molar-refractivity contribution in [2.75, 3.05) is 14.2 Å². The molecule has 0 aliphatic carbocycles. The zero-order valence-electron chi connectivity index (χ0n) is 16.3. The number of carbonyl (C=O) groups excluding carboxylic acids is 1. The normalized spacial score (nSPS) is 10.6. The molecule has 6 heteroatoms. The highest BCUT2D eigenvalue weighted by Crippen LogP contribution is 2.27. The number of hydrogen-bond donors (Lipinski definition) is 1. The van der Waals surface area contributed by atoms with Crippen molar-refractivity contribution in [3.8, 4) is 17.2 Å². The molecule has 0 saturated heterocycles. The van der Waals surface area contributed by atoms with Gasteiger partial charge in [0.1, 0.15) is 12.4 Å². The molecule has 0 heterocycles. The van der Waals surface area contributed by atoms with Gasteiger partial charge in [-0.15, -0.1) is 0 Å². The predicted molar refractivity (Wildman–Crippen MR) is 112 cm³/mol. The molecule has 0 saturated carbocycles. The third kappa shape index (κ3) is 5.59. The Labute approximate surface area is 169 Å². The van der Waals surface area contributed by atoms with E-state index in [2.05, 4.69) is 10.5 Å². The third-order valence-corrected chi connectivity index (χ3v) is 4.15. The summed E-state index contributed by atoms with van der Waals surface area (Å²) in [5, 5.41) is 4.00. The van der Waals surface area contributed by atoms with Crippen molar-refractivity contribution in [2.45, 2.75) is 6.61 Å². The third-order valence-electron chi connectivity index (χ3n) is 4.15. The van der Waals surface area contributed by atoms with E-state index in [1.807, 2.05) is 54.6 Å². The first-order chi connectivity index (χ1) is 14.2. The summed E-state index contributed by atoms with van der Waals surface area (Å²) in [7, 11) is 3.06. The van der Waals surface area contributed by atoms with Crippen LogP contribution in [0.3, 0.4) is 0 Å². The summed E-state index contributed by atoms with van der Waals surface area (Å²) in [5.41, 5.74) is 4.87. The second-order valence-electron chi connectivity index (χ2n) is 6.11. The van der Waals surface area contributed by atoms with Gasteiger partial charge in [0.15, 0.2) is 11.5 Å². The van der Waals surface area contributed by atoms with E-state index in [1.165, 1.54) is 7.11 Å². The van der Waals surface area contributed by atoms with Crippen LogP contribution in [0.15, 0.2) is 77.9 Å². The summed E-state index contributed by atoms with van der Waals surface area (Å²) in [6.45, 7) is 0.510. The number of amides is 1. The van der Waals surface area contributed by atoms with Crippen LogP contribution < -0.4 is 19.6 Å². The molecule has 0 fully saturated rings. The second-order valence-corrected chi connectivity index (χ2v) is 6.11. The summed E-state index contributed by atoms with van der Waals surface area (Å²) in [6.07, 6.45) is 1.57. The van der Waals surface area contributed by atoms with Gasteiger partial charge in [0, 0.05) is 5.56 Å². The van der Waals surface area contributed by atoms with Crippen molar-refractivity contribution in [1.29, 1.82) is 0 Å². The Morgan fingerprint density at radius 1 is 0.931 bits per heavy atom. The van der Waals surface area contributed by atoms with E-state index in [-0.39, 0.29) is 5.91 Å². The Balaban J connectivity index is 1.54. The molecular weight excluding hydrogens is 368 g/mol. The predicted octanol–water partition coefficient (Wildman–Crippen LogP) is 4.05. The number of ether oxygens (including phenoxy) is 3. The van der Waals surface area contributed by atoms with Gasteiger partial charge in [0.2, 0.25) is 0 Å². The lowest BCUT2D eigenvalue weighted by Crippen LogP contribution is -2.17. The van der Waals surface area contributed by atoms with Crippen LogP contribution in [0.2, 0.25) is 0 Å². The van der Waals surface area contributed by atoms with Gasteiger partial charge in [-0.3, -0.25) is 4.79 Å². The first-order valence-corrected chi connectivity index (χ1v) is 9.02. The topological polar surface area (TPSA) is 69.2 Å². The lowest BCUT2D eigenvalue weighted by Gasteiger charge is -2.08. The highest BCUT2D eigenvalue weighted by molar-refractivity contribution is 5.95. The Kier molecular flexibility index (Phi) is 6.84. The molecule has 0 bridgehead atoms. The average Bonchev–Trinajstić information content (AvgIpc) is 2.78.